The molecule has 2 heterocycles. The number of carbonyl (C=O) groups excluding carboxylic acids is 2. The Hall–Kier alpha value is -6.05. The van der Waals surface area contributed by atoms with E-state index in [1.165, 1.54) is 31.6 Å². The molecule has 15 nitrogen and oxygen atoms in total. The number of rotatable bonds is 13. The molecule has 2 amide bonds. The van der Waals surface area contributed by atoms with Crippen molar-refractivity contribution >= 4 is 40.9 Å². The quantitative estimate of drug-likeness (QED) is 0.0439. The van der Waals surface area contributed by atoms with Crippen LogP contribution in [0.5, 0.6) is 5.75 Å². The normalized spacial score (nSPS) is 15.9. The lowest BCUT2D eigenvalue weighted by Crippen LogP contribution is -2.48. The lowest BCUT2D eigenvalue weighted by Gasteiger charge is -2.30. The first-order valence-electron chi connectivity index (χ1n) is 17.5. The molecule has 5 rings (SSSR count). The molecule has 0 bridgehead atoms. The van der Waals surface area contributed by atoms with Crippen molar-refractivity contribution in [1.82, 2.24) is 25.0 Å². The predicted molar refractivity (Wildman–Crippen MR) is 197 cm³/mol. The third-order valence-electron chi connectivity index (χ3n) is 8.92. The van der Waals surface area contributed by atoms with E-state index in [0.29, 0.717) is 54.2 Å². The number of aromatic nitrogens is 3. The Morgan fingerprint density at radius 2 is 1.70 bits per heavy atom. The topological polar surface area (TPSA) is 237 Å². The summed E-state index contributed by atoms with van der Waals surface area (Å²) in [6, 6.07) is 7.59. The Labute approximate surface area is 317 Å². The molecule has 0 radical (unpaired) electrons. The highest BCUT2D eigenvalue weighted by atomic mass is 19.4. The Kier molecular flexibility index (Phi) is 14.5. The van der Waals surface area contributed by atoms with Gasteiger partial charge in [0.25, 0.3) is 5.91 Å². The van der Waals surface area contributed by atoms with Crippen molar-refractivity contribution < 1.29 is 46.2 Å². The van der Waals surface area contributed by atoms with Crippen molar-refractivity contribution in [3.63, 3.8) is 0 Å². The summed E-state index contributed by atoms with van der Waals surface area (Å²) in [5, 5.41) is 16.6. The van der Waals surface area contributed by atoms with Gasteiger partial charge in [0.1, 0.15) is 0 Å². The van der Waals surface area contributed by atoms with E-state index in [-0.39, 0.29) is 41.2 Å². The second-order valence-corrected chi connectivity index (χ2v) is 12.8. The number of carbonyl (C=O) groups is 3. The van der Waals surface area contributed by atoms with Crippen molar-refractivity contribution in [2.24, 2.45) is 22.2 Å². The van der Waals surface area contributed by atoms with E-state index in [9.17, 15) is 31.5 Å². The number of aliphatic carboxylic acids is 1. The number of ether oxygens (including phenoxy) is 1. The van der Waals surface area contributed by atoms with Crippen LogP contribution >= 0.6 is 0 Å². The van der Waals surface area contributed by atoms with Crippen LogP contribution in [0, 0.1) is 11.6 Å². The zero-order chi connectivity index (χ0) is 41.2. The minimum absolute atomic E-state index is 0.00147. The molecule has 0 unspecified atom stereocenters. The second kappa shape index (κ2) is 19.0. The van der Waals surface area contributed by atoms with E-state index < -0.39 is 29.8 Å². The maximum atomic E-state index is 14.9. The van der Waals surface area contributed by atoms with E-state index in [0.717, 1.165) is 31.2 Å². The number of aryl methyl sites for hydroxylation is 1. The van der Waals surface area contributed by atoms with Crippen molar-refractivity contribution in [3.05, 3.63) is 71.7 Å². The number of halogens is 5. The predicted octanol–water partition coefficient (Wildman–Crippen LogP) is 4.16. The molecule has 1 saturated carbocycles. The number of alkyl halides is 3. The summed E-state index contributed by atoms with van der Waals surface area (Å²) in [4.78, 5) is 47.5. The number of fused-ring (bicyclic) bond motifs is 1. The number of hydrogen-bond acceptors (Lipinski definition) is 9. The van der Waals surface area contributed by atoms with Gasteiger partial charge in [0.05, 0.1) is 25.0 Å². The first-order chi connectivity index (χ1) is 26.5. The number of anilines is 2. The number of guanidine groups is 1. The lowest BCUT2D eigenvalue weighted by molar-refractivity contribution is -0.192. The van der Waals surface area contributed by atoms with Crippen LogP contribution in [0.15, 0.2) is 53.9 Å². The number of carboxylic acid groups (broad SMARTS) is 1. The van der Waals surface area contributed by atoms with Crippen molar-refractivity contribution in [2.45, 2.75) is 76.2 Å². The van der Waals surface area contributed by atoms with E-state index >= 15 is 0 Å². The monoisotopic (exact) mass is 790 g/mol. The molecule has 4 aromatic rings. The summed E-state index contributed by atoms with van der Waals surface area (Å²) in [7, 11) is 1.27. The van der Waals surface area contributed by atoms with Gasteiger partial charge in [-0.25, -0.2) is 19.2 Å². The molecule has 1 fully saturated rings. The van der Waals surface area contributed by atoms with Gasteiger partial charge in [0.15, 0.2) is 29.0 Å². The second-order valence-electron chi connectivity index (χ2n) is 12.8. The van der Waals surface area contributed by atoms with Crippen LogP contribution in [-0.2, 0) is 16.0 Å². The van der Waals surface area contributed by atoms with E-state index in [4.69, 9.17) is 31.8 Å². The molecule has 0 saturated heterocycles. The summed E-state index contributed by atoms with van der Waals surface area (Å²) < 4.78 is 67.6. The largest absolute Gasteiger partial charge is 0.494 e. The summed E-state index contributed by atoms with van der Waals surface area (Å²) in [5.74, 6) is -5.00. The fraction of sp³-hybridized carbons (Fsp3) is 0.389. The highest BCUT2D eigenvalue weighted by Crippen LogP contribution is 2.32. The van der Waals surface area contributed by atoms with Gasteiger partial charge >= 0.3 is 12.1 Å². The number of amides is 2. The van der Waals surface area contributed by atoms with Crippen molar-refractivity contribution in [2.75, 3.05) is 19.0 Å². The minimum Gasteiger partial charge on any atom is -0.494 e. The van der Waals surface area contributed by atoms with Crippen LogP contribution in [0.2, 0.25) is 0 Å². The summed E-state index contributed by atoms with van der Waals surface area (Å²) in [6.45, 7) is 2.39. The third-order valence-corrected chi connectivity index (χ3v) is 8.92. The first-order valence-corrected chi connectivity index (χ1v) is 17.5. The zero-order valence-electron chi connectivity index (χ0n) is 30.5. The molecule has 1 aliphatic rings. The SMILES string of the molecule is CCc1cc(Nc2nccn3c(-c4ccc(OC)c(F)c4F)cnc23)ccc1C(=O)NC1CCC(NC(=O)[C@@H](N)CCCN=C(N)N)CC1.O=C(O)C(F)(F)F. The number of aliphatic imine (C=N–C) groups is 1. The molecule has 2 aromatic heterocycles. The van der Waals surface area contributed by atoms with Gasteiger partial charge in [0.2, 0.25) is 11.7 Å². The van der Waals surface area contributed by atoms with Crippen LogP contribution in [0.1, 0.15) is 61.4 Å². The Bertz CT molecular complexity index is 2050. The molecule has 1 atom stereocenters. The van der Waals surface area contributed by atoms with Gasteiger partial charge < -0.3 is 43.0 Å². The fourth-order valence-electron chi connectivity index (χ4n) is 6.02. The number of nitrogens with one attached hydrogen (secondary N) is 3. The van der Waals surface area contributed by atoms with Gasteiger partial charge in [-0.1, -0.05) is 6.92 Å². The fourth-order valence-corrected chi connectivity index (χ4v) is 6.02. The summed E-state index contributed by atoms with van der Waals surface area (Å²) in [5.41, 5.74) is 19.6. The minimum atomic E-state index is -5.08. The molecule has 1 aliphatic carbocycles. The summed E-state index contributed by atoms with van der Waals surface area (Å²) in [6.07, 6.45) is 4.13. The average molecular weight is 791 g/mol. The van der Waals surface area contributed by atoms with Crippen molar-refractivity contribution in [3.8, 4) is 17.0 Å². The average Bonchev–Trinajstić information content (AvgIpc) is 3.59. The number of methoxy groups -OCH3 is 1. The molecule has 10 N–H and O–H groups in total. The third kappa shape index (κ3) is 11.0. The summed E-state index contributed by atoms with van der Waals surface area (Å²) >= 11 is 0. The molecule has 2 aromatic carbocycles. The lowest BCUT2D eigenvalue weighted by atomic mass is 9.90. The molecule has 20 heteroatoms. The number of benzene rings is 2. The number of nitrogens with zero attached hydrogens (tertiary/aromatic N) is 4. The maximum absolute atomic E-state index is 14.9. The maximum Gasteiger partial charge on any atom is 0.490 e. The zero-order valence-corrected chi connectivity index (χ0v) is 30.5. The number of hydrogen-bond donors (Lipinski definition) is 7. The highest BCUT2D eigenvalue weighted by Gasteiger charge is 2.38. The molecular weight excluding hydrogens is 747 g/mol. The molecule has 0 spiro atoms. The van der Waals surface area contributed by atoms with Crippen LogP contribution in [0.4, 0.5) is 33.5 Å². The van der Waals surface area contributed by atoms with Gasteiger partial charge in [-0.3, -0.25) is 19.0 Å². The molecule has 0 aliphatic heterocycles. The molecular formula is C36H43F5N10O5. The van der Waals surface area contributed by atoms with Crippen molar-refractivity contribution in [1.29, 1.82) is 0 Å². The Balaban J connectivity index is 0.000000908. The van der Waals surface area contributed by atoms with Crippen LogP contribution < -0.4 is 37.9 Å². The van der Waals surface area contributed by atoms with E-state index in [1.54, 1.807) is 22.7 Å². The van der Waals surface area contributed by atoms with Gasteiger partial charge in [-0.2, -0.15) is 17.6 Å². The number of nitrogens with two attached hydrogens (primary N) is 3. The van der Waals surface area contributed by atoms with Gasteiger partial charge in [0, 0.05) is 47.8 Å². The van der Waals surface area contributed by atoms with E-state index in [1.807, 2.05) is 13.0 Å². The highest BCUT2D eigenvalue weighted by molar-refractivity contribution is 5.96. The van der Waals surface area contributed by atoms with Crippen LogP contribution in [0.25, 0.3) is 16.9 Å². The van der Waals surface area contributed by atoms with Gasteiger partial charge in [-0.05, 0) is 80.8 Å². The van der Waals surface area contributed by atoms with Crippen LogP contribution in [0.3, 0.4) is 0 Å². The first kappa shape index (κ1) is 42.7. The molecule has 56 heavy (non-hydrogen) atoms. The Morgan fingerprint density at radius 3 is 2.30 bits per heavy atom. The van der Waals surface area contributed by atoms with Crippen LogP contribution in [-0.4, -0.2) is 81.2 Å². The smallest absolute Gasteiger partial charge is 0.490 e. The molecule has 302 valence electrons. The Morgan fingerprint density at radius 1 is 1.04 bits per heavy atom. The number of carboxylic acids is 1. The standard InChI is InChI=1S/C34H42F2N10O3.C2HF3O2/c1-3-19-17-22(43-30-31-42-18-26(46(31)16-15-40-30)24-12-13-27(49-2)29(36)28(24)35)10-11-23(19)32(47)44-20-6-8-21(9-7-20)45-33(48)25(37)5-4-14-41-34(38)39;3-2(4,5)1(6)7/h10-13,15-18,20-21,25H,3-9,14,37H2,1-2H3,(H,40,43)(H,44,47)(H,45,48)(H4,38,39,41);(H,6,7)/t20?,21?,25-;/m0./s1. The van der Waals surface area contributed by atoms with Gasteiger partial charge in [-0.15, -0.1) is 0 Å². The number of imidazole rings is 1. The van der Waals surface area contributed by atoms with E-state index in [2.05, 4.69) is 30.9 Å².